The molecule has 3 aromatic rings. The minimum absolute atomic E-state index is 0.0237. The Hall–Kier alpha value is -2.70. The Morgan fingerprint density at radius 3 is 2.32 bits per heavy atom. The van der Waals surface area contributed by atoms with Crippen LogP contribution in [0.4, 0.5) is 5.69 Å². The van der Waals surface area contributed by atoms with Crippen molar-refractivity contribution in [2.75, 3.05) is 5.32 Å². The third kappa shape index (κ3) is 3.55. The van der Waals surface area contributed by atoms with Gasteiger partial charge in [0.05, 0.1) is 4.90 Å². The highest BCUT2D eigenvalue weighted by Gasteiger charge is 2.15. The zero-order chi connectivity index (χ0) is 18.2. The van der Waals surface area contributed by atoms with E-state index in [9.17, 15) is 13.2 Å². The number of primary sulfonamides is 1. The summed E-state index contributed by atoms with van der Waals surface area (Å²) in [6, 6.07) is 16.1. The molecule has 6 heteroatoms. The van der Waals surface area contributed by atoms with Crippen LogP contribution in [0.25, 0.3) is 10.8 Å². The van der Waals surface area contributed by atoms with Crippen LogP contribution in [0.1, 0.15) is 21.5 Å². The molecule has 0 saturated carbocycles. The minimum Gasteiger partial charge on any atom is -0.322 e. The number of rotatable bonds is 3. The number of aryl methyl sites for hydroxylation is 1. The maximum Gasteiger partial charge on any atom is 0.255 e. The predicted molar refractivity (Wildman–Crippen MR) is 99.2 cm³/mol. The molecule has 0 unspecified atom stereocenters. The van der Waals surface area contributed by atoms with Crippen LogP contribution in [0.2, 0.25) is 0 Å². The first-order valence-corrected chi connectivity index (χ1v) is 9.24. The van der Waals surface area contributed by atoms with Crippen LogP contribution in [0.5, 0.6) is 0 Å². The quantitative estimate of drug-likeness (QED) is 0.756. The summed E-state index contributed by atoms with van der Waals surface area (Å²) in [4.78, 5) is 12.6. The molecule has 0 radical (unpaired) electrons. The lowest BCUT2D eigenvalue weighted by Gasteiger charge is -2.13. The number of anilines is 1. The fourth-order valence-corrected chi connectivity index (χ4v) is 3.27. The summed E-state index contributed by atoms with van der Waals surface area (Å²) in [6.45, 7) is 3.59. The van der Waals surface area contributed by atoms with Gasteiger partial charge in [-0.2, -0.15) is 0 Å². The molecule has 0 heterocycles. The number of sulfonamides is 1. The molecule has 1 amide bonds. The zero-order valence-electron chi connectivity index (χ0n) is 13.9. The Morgan fingerprint density at radius 2 is 1.64 bits per heavy atom. The van der Waals surface area contributed by atoms with Gasteiger partial charge in [0.1, 0.15) is 0 Å². The molecule has 128 valence electrons. The molecule has 0 bridgehead atoms. The number of hydrogen-bond donors (Lipinski definition) is 2. The van der Waals surface area contributed by atoms with E-state index in [2.05, 4.69) is 5.32 Å². The normalized spacial score (nSPS) is 11.5. The number of carbonyl (C=O) groups is 1. The second-order valence-electron chi connectivity index (χ2n) is 5.97. The second kappa shape index (κ2) is 6.31. The summed E-state index contributed by atoms with van der Waals surface area (Å²) in [6.07, 6.45) is 0. The Morgan fingerprint density at radius 1 is 0.960 bits per heavy atom. The lowest BCUT2D eigenvalue weighted by molar-refractivity contribution is 0.102. The fourth-order valence-electron chi connectivity index (χ4n) is 2.65. The van der Waals surface area contributed by atoms with Gasteiger partial charge in [0.15, 0.2) is 0 Å². The highest BCUT2D eigenvalue weighted by atomic mass is 32.2. The van der Waals surface area contributed by atoms with Gasteiger partial charge in [0.2, 0.25) is 10.0 Å². The van der Waals surface area contributed by atoms with Crippen LogP contribution in [0, 0.1) is 13.8 Å². The third-order valence-electron chi connectivity index (χ3n) is 4.23. The largest absolute Gasteiger partial charge is 0.322 e. The summed E-state index contributed by atoms with van der Waals surface area (Å²) >= 11 is 0. The number of fused-ring (bicyclic) bond motifs is 1. The van der Waals surface area contributed by atoms with Gasteiger partial charge in [-0.25, -0.2) is 13.6 Å². The topological polar surface area (TPSA) is 89.3 Å². The van der Waals surface area contributed by atoms with E-state index in [4.69, 9.17) is 5.14 Å². The van der Waals surface area contributed by atoms with Crippen LogP contribution in [-0.4, -0.2) is 14.3 Å². The molecule has 0 fully saturated rings. The third-order valence-corrected chi connectivity index (χ3v) is 5.12. The van der Waals surface area contributed by atoms with Crippen molar-refractivity contribution in [3.63, 3.8) is 0 Å². The van der Waals surface area contributed by atoms with Gasteiger partial charge in [0, 0.05) is 11.3 Å². The molecule has 25 heavy (non-hydrogen) atoms. The van der Waals surface area contributed by atoms with Crippen molar-refractivity contribution in [1.82, 2.24) is 0 Å². The van der Waals surface area contributed by atoms with E-state index in [1.807, 2.05) is 37.3 Å². The average molecular weight is 354 g/mol. The Kier molecular flexibility index (Phi) is 4.32. The lowest BCUT2D eigenvalue weighted by atomic mass is 10.1. The molecule has 3 rings (SSSR count). The molecule has 0 aromatic heterocycles. The van der Waals surface area contributed by atoms with E-state index < -0.39 is 10.0 Å². The molecule has 0 spiro atoms. The van der Waals surface area contributed by atoms with Crippen molar-refractivity contribution in [1.29, 1.82) is 0 Å². The highest BCUT2D eigenvalue weighted by Crippen LogP contribution is 2.24. The Labute approximate surface area is 146 Å². The molecule has 3 aromatic carbocycles. The smallest absolute Gasteiger partial charge is 0.255 e. The standard InChI is InChI=1S/C19H18N2O3S/c1-12-9-17(25(20,23)24)11-18(13(12)2)21-19(22)16-8-7-14-5-3-4-6-15(14)10-16/h3-11H,1-2H3,(H,21,22)(H2,20,23,24). The van der Waals surface area contributed by atoms with E-state index in [0.717, 1.165) is 21.9 Å². The molecule has 0 saturated heterocycles. The van der Waals surface area contributed by atoms with Gasteiger partial charge in [-0.15, -0.1) is 0 Å². The van der Waals surface area contributed by atoms with Gasteiger partial charge < -0.3 is 5.32 Å². The lowest BCUT2D eigenvalue weighted by Crippen LogP contribution is -2.16. The first-order valence-electron chi connectivity index (χ1n) is 7.70. The number of amides is 1. The SMILES string of the molecule is Cc1cc(S(N)(=O)=O)cc(NC(=O)c2ccc3ccccc3c2)c1C. The van der Waals surface area contributed by atoms with Crippen LogP contribution < -0.4 is 10.5 Å². The number of nitrogens with one attached hydrogen (secondary N) is 1. The first kappa shape index (κ1) is 17.1. The molecule has 3 N–H and O–H groups in total. The van der Waals surface area contributed by atoms with Gasteiger partial charge >= 0.3 is 0 Å². The Balaban J connectivity index is 1.98. The van der Waals surface area contributed by atoms with Crippen molar-refractivity contribution >= 4 is 32.4 Å². The monoisotopic (exact) mass is 354 g/mol. The van der Waals surface area contributed by atoms with Crippen molar-refractivity contribution in [2.24, 2.45) is 5.14 Å². The maximum atomic E-state index is 12.6. The summed E-state index contributed by atoms with van der Waals surface area (Å²) in [7, 11) is -3.85. The van der Waals surface area contributed by atoms with Crippen molar-refractivity contribution < 1.29 is 13.2 Å². The highest BCUT2D eigenvalue weighted by molar-refractivity contribution is 7.89. The van der Waals surface area contributed by atoms with E-state index in [1.165, 1.54) is 12.1 Å². The van der Waals surface area contributed by atoms with Crippen LogP contribution in [0.15, 0.2) is 59.5 Å². The number of hydrogen-bond acceptors (Lipinski definition) is 3. The average Bonchev–Trinajstić information content (AvgIpc) is 2.57. The molecule has 0 aliphatic rings. The van der Waals surface area contributed by atoms with E-state index >= 15 is 0 Å². The van der Waals surface area contributed by atoms with Crippen molar-refractivity contribution in [3.8, 4) is 0 Å². The molecular weight excluding hydrogens is 336 g/mol. The molecule has 0 atom stereocenters. The molecule has 0 aliphatic carbocycles. The zero-order valence-corrected chi connectivity index (χ0v) is 14.7. The van der Waals surface area contributed by atoms with Crippen molar-refractivity contribution in [3.05, 3.63) is 71.3 Å². The molecule has 5 nitrogen and oxygen atoms in total. The number of carbonyl (C=O) groups excluding carboxylic acids is 1. The molecular formula is C19H18N2O3S. The van der Waals surface area contributed by atoms with E-state index in [1.54, 1.807) is 19.1 Å². The fraction of sp³-hybridized carbons (Fsp3) is 0.105. The van der Waals surface area contributed by atoms with E-state index in [0.29, 0.717) is 11.3 Å². The van der Waals surface area contributed by atoms with Crippen LogP contribution in [0.3, 0.4) is 0 Å². The van der Waals surface area contributed by atoms with Gasteiger partial charge in [-0.3, -0.25) is 4.79 Å². The van der Waals surface area contributed by atoms with Crippen molar-refractivity contribution in [2.45, 2.75) is 18.7 Å². The van der Waals surface area contributed by atoms with Gasteiger partial charge in [-0.05, 0) is 60.0 Å². The number of benzene rings is 3. The van der Waals surface area contributed by atoms with Gasteiger partial charge in [0.25, 0.3) is 5.91 Å². The molecule has 0 aliphatic heterocycles. The van der Waals surface area contributed by atoms with E-state index in [-0.39, 0.29) is 10.8 Å². The maximum absolute atomic E-state index is 12.6. The van der Waals surface area contributed by atoms with Gasteiger partial charge in [-0.1, -0.05) is 30.3 Å². The number of nitrogens with two attached hydrogens (primary N) is 1. The predicted octanol–water partition coefficient (Wildman–Crippen LogP) is 3.36. The van der Waals surface area contributed by atoms with Crippen LogP contribution >= 0.6 is 0 Å². The summed E-state index contributed by atoms with van der Waals surface area (Å²) < 4.78 is 23.2. The summed E-state index contributed by atoms with van der Waals surface area (Å²) in [5.41, 5.74) is 2.46. The first-order chi connectivity index (χ1) is 11.8. The summed E-state index contributed by atoms with van der Waals surface area (Å²) in [5.74, 6) is -0.306. The minimum atomic E-state index is -3.85. The summed E-state index contributed by atoms with van der Waals surface area (Å²) in [5, 5.41) is 10.00. The second-order valence-corrected chi connectivity index (χ2v) is 7.54. The van der Waals surface area contributed by atoms with Crippen LogP contribution in [-0.2, 0) is 10.0 Å². The Bertz CT molecular complexity index is 1090.